The molecule has 15 heavy (non-hydrogen) atoms. The Hall–Kier alpha value is -1.18. The van der Waals surface area contributed by atoms with Gasteiger partial charge in [-0.2, -0.15) is 0 Å². The maximum Gasteiger partial charge on any atom is 0.122 e. The molecule has 0 aliphatic carbocycles. The molecule has 1 aromatic rings. The molecule has 2 heteroatoms. The van der Waals surface area contributed by atoms with Crippen LogP contribution in [0, 0.1) is 0 Å². The highest BCUT2D eigenvalue weighted by Gasteiger charge is 2.18. The Kier molecular flexibility index (Phi) is 3.61. The van der Waals surface area contributed by atoms with Crippen LogP contribution < -0.4 is 10.1 Å². The van der Waals surface area contributed by atoms with Gasteiger partial charge < -0.3 is 10.1 Å². The summed E-state index contributed by atoms with van der Waals surface area (Å²) < 4.78 is 5.38. The molecule has 0 radical (unpaired) electrons. The van der Waals surface area contributed by atoms with Crippen molar-refractivity contribution < 1.29 is 4.74 Å². The van der Waals surface area contributed by atoms with Crippen LogP contribution in [0.15, 0.2) is 18.2 Å². The molecule has 0 heterocycles. The summed E-state index contributed by atoms with van der Waals surface area (Å²) in [6.07, 6.45) is 0. The second kappa shape index (κ2) is 4.56. The molecule has 0 unspecified atom stereocenters. The van der Waals surface area contributed by atoms with Crippen molar-refractivity contribution in [2.24, 2.45) is 0 Å². The lowest BCUT2D eigenvalue weighted by Crippen LogP contribution is -2.13. The number of hydrogen-bond acceptors (Lipinski definition) is 2. The first-order valence-corrected chi connectivity index (χ1v) is 5.41. The van der Waals surface area contributed by atoms with Gasteiger partial charge in [0, 0.05) is 17.8 Å². The van der Waals surface area contributed by atoms with Crippen LogP contribution in [0.1, 0.15) is 33.3 Å². The zero-order valence-electron chi connectivity index (χ0n) is 10.3. The average Bonchev–Trinajstić information content (AvgIpc) is 2.17. The van der Waals surface area contributed by atoms with E-state index < -0.39 is 0 Å². The fraction of sp³-hybridized carbons (Fsp3) is 0.538. The summed E-state index contributed by atoms with van der Waals surface area (Å²) in [7, 11) is 1.72. The number of nitrogens with one attached hydrogen (secondary N) is 1. The molecule has 2 nitrogen and oxygen atoms in total. The van der Waals surface area contributed by atoms with E-state index in [9.17, 15) is 0 Å². The monoisotopic (exact) mass is 207 g/mol. The highest BCUT2D eigenvalue weighted by Crippen LogP contribution is 2.33. The SMILES string of the molecule is CCNc1ccc(OC)c(C(C)(C)C)c1. The Morgan fingerprint density at radius 1 is 1.27 bits per heavy atom. The smallest absolute Gasteiger partial charge is 0.122 e. The van der Waals surface area contributed by atoms with Crippen LogP contribution >= 0.6 is 0 Å². The van der Waals surface area contributed by atoms with Crippen molar-refractivity contribution in [3.05, 3.63) is 23.8 Å². The van der Waals surface area contributed by atoms with Gasteiger partial charge >= 0.3 is 0 Å². The van der Waals surface area contributed by atoms with Crippen molar-refractivity contribution in [1.29, 1.82) is 0 Å². The van der Waals surface area contributed by atoms with Crippen LogP contribution in [-0.2, 0) is 5.41 Å². The molecule has 0 atom stereocenters. The molecule has 1 rings (SSSR count). The van der Waals surface area contributed by atoms with Gasteiger partial charge in [-0.25, -0.2) is 0 Å². The van der Waals surface area contributed by atoms with E-state index in [0.717, 1.165) is 18.0 Å². The predicted molar refractivity (Wildman–Crippen MR) is 65.9 cm³/mol. The molecular weight excluding hydrogens is 186 g/mol. The number of anilines is 1. The van der Waals surface area contributed by atoms with E-state index in [4.69, 9.17) is 4.74 Å². The topological polar surface area (TPSA) is 21.3 Å². The lowest BCUT2D eigenvalue weighted by Gasteiger charge is -2.23. The molecule has 0 fully saturated rings. The van der Waals surface area contributed by atoms with Crippen LogP contribution in [0.4, 0.5) is 5.69 Å². The lowest BCUT2D eigenvalue weighted by atomic mass is 9.86. The Balaban J connectivity index is 3.13. The molecule has 0 aliphatic heterocycles. The number of hydrogen-bond donors (Lipinski definition) is 1. The highest BCUT2D eigenvalue weighted by molar-refractivity contribution is 5.53. The van der Waals surface area contributed by atoms with Crippen LogP contribution in [0.3, 0.4) is 0 Å². The summed E-state index contributed by atoms with van der Waals surface area (Å²) in [6, 6.07) is 6.25. The molecular formula is C13H21NO. The van der Waals surface area contributed by atoms with Gasteiger partial charge in [-0.15, -0.1) is 0 Å². The van der Waals surface area contributed by atoms with Crippen LogP contribution in [-0.4, -0.2) is 13.7 Å². The maximum atomic E-state index is 5.38. The van der Waals surface area contributed by atoms with Gasteiger partial charge in [0.1, 0.15) is 5.75 Å². The van der Waals surface area contributed by atoms with E-state index in [1.807, 2.05) is 6.07 Å². The molecule has 1 aromatic carbocycles. The van der Waals surface area contributed by atoms with E-state index in [2.05, 4.69) is 45.1 Å². The normalized spacial score (nSPS) is 11.3. The quantitative estimate of drug-likeness (QED) is 0.820. The first-order valence-electron chi connectivity index (χ1n) is 5.41. The lowest BCUT2D eigenvalue weighted by molar-refractivity contribution is 0.397. The maximum absolute atomic E-state index is 5.38. The summed E-state index contributed by atoms with van der Waals surface area (Å²) in [5.41, 5.74) is 2.50. The Labute approximate surface area is 92.6 Å². The molecule has 0 aliphatic rings. The third kappa shape index (κ3) is 2.88. The Morgan fingerprint density at radius 2 is 1.93 bits per heavy atom. The zero-order valence-corrected chi connectivity index (χ0v) is 10.3. The van der Waals surface area contributed by atoms with Gasteiger partial charge in [0.05, 0.1) is 7.11 Å². The average molecular weight is 207 g/mol. The fourth-order valence-corrected chi connectivity index (χ4v) is 1.61. The van der Waals surface area contributed by atoms with Crippen molar-refractivity contribution in [2.75, 3.05) is 19.0 Å². The minimum atomic E-state index is 0.108. The number of benzene rings is 1. The Bertz CT molecular complexity index is 326. The van der Waals surface area contributed by atoms with Gasteiger partial charge in [-0.3, -0.25) is 0 Å². The third-order valence-corrected chi connectivity index (χ3v) is 2.39. The fourth-order valence-electron chi connectivity index (χ4n) is 1.61. The molecule has 0 bridgehead atoms. The molecule has 0 amide bonds. The Morgan fingerprint density at radius 3 is 2.40 bits per heavy atom. The van der Waals surface area contributed by atoms with Gasteiger partial charge in [-0.1, -0.05) is 20.8 Å². The summed E-state index contributed by atoms with van der Waals surface area (Å²) in [5.74, 6) is 0.962. The second-order valence-corrected chi connectivity index (χ2v) is 4.70. The predicted octanol–water partition coefficient (Wildman–Crippen LogP) is 3.42. The van der Waals surface area contributed by atoms with Crippen LogP contribution in [0.2, 0.25) is 0 Å². The van der Waals surface area contributed by atoms with E-state index in [1.165, 1.54) is 5.56 Å². The number of rotatable bonds is 3. The number of methoxy groups -OCH3 is 1. The molecule has 0 saturated heterocycles. The minimum Gasteiger partial charge on any atom is -0.496 e. The summed E-state index contributed by atoms with van der Waals surface area (Å²) in [4.78, 5) is 0. The second-order valence-electron chi connectivity index (χ2n) is 4.70. The van der Waals surface area contributed by atoms with E-state index >= 15 is 0 Å². The molecule has 84 valence electrons. The van der Waals surface area contributed by atoms with Gasteiger partial charge in [0.25, 0.3) is 0 Å². The largest absolute Gasteiger partial charge is 0.496 e. The third-order valence-electron chi connectivity index (χ3n) is 2.39. The first kappa shape index (κ1) is 11.9. The molecule has 1 N–H and O–H groups in total. The highest BCUT2D eigenvalue weighted by atomic mass is 16.5. The first-order chi connectivity index (χ1) is 6.99. The molecule has 0 aromatic heterocycles. The number of ether oxygens (including phenoxy) is 1. The van der Waals surface area contributed by atoms with Crippen molar-refractivity contribution in [2.45, 2.75) is 33.1 Å². The summed E-state index contributed by atoms with van der Waals surface area (Å²) in [5, 5.41) is 3.32. The summed E-state index contributed by atoms with van der Waals surface area (Å²) in [6.45, 7) is 9.62. The van der Waals surface area contributed by atoms with Crippen molar-refractivity contribution in [1.82, 2.24) is 0 Å². The van der Waals surface area contributed by atoms with Crippen molar-refractivity contribution >= 4 is 5.69 Å². The minimum absolute atomic E-state index is 0.108. The van der Waals surface area contributed by atoms with Crippen LogP contribution in [0.5, 0.6) is 5.75 Å². The zero-order chi connectivity index (χ0) is 11.5. The van der Waals surface area contributed by atoms with E-state index in [0.29, 0.717) is 0 Å². The standard InChI is InChI=1S/C13H21NO/c1-6-14-10-7-8-12(15-5)11(9-10)13(2,3)4/h7-9,14H,6H2,1-5H3. The van der Waals surface area contributed by atoms with Crippen LogP contribution in [0.25, 0.3) is 0 Å². The van der Waals surface area contributed by atoms with Gasteiger partial charge in [0.15, 0.2) is 0 Å². The van der Waals surface area contributed by atoms with Gasteiger partial charge in [-0.05, 0) is 30.5 Å². The molecule has 0 saturated carbocycles. The molecule has 0 spiro atoms. The van der Waals surface area contributed by atoms with Crippen molar-refractivity contribution in [3.8, 4) is 5.75 Å². The summed E-state index contributed by atoms with van der Waals surface area (Å²) >= 11 is 0. The van der Waals surface area contributed by atoms with Crippen molar-refractivity contribution in [3.63, 3.8) is 0 Å². The van der Waals surface area contributed by atoms with E-state index in [1.54, 1.807) is 7.11 Å². The van der Waals surface area contributed by atoms with Gasteiger partial charge in [0.2, 0.25) is 0 Å². The van der Waals surface area contributed by atoms with E-state index in [-0.39, 0.29) is 5.41 Å².